The summed E-state index contributed by atoms with van der Waals surface area (Å²) >= 11 is 0. The molecule has 4 rings (SSSR count). The summed E-state index contributed by atoms with van der Waals surface area (Å²) in [7, 11) is -3.88. The van der Waals surface area contributed by atoms with E-state index in [0.29, 0.717) is 5.82 Å². The summed E-state index contributed by atoms with van der Waals surface area (Å²) < 4.78 is 55.7. The predicted octanol–water partition coefficient (Wildman–Crippen LogP) is 2.96. The molecule has 7 nitrogen and oxygen atoms in total. The fourth-order valence-corrected chi connectivity index (χ4v) is 4.11. The highest BCUT2D eigenvalue weighted by Gasteiger charge is 2.61. The van der Waals surface area contributed by atoms with Gasteiger partial charge in [-0.25, -0.2) is 27.3 Å². The largest absolute Gasteiger partial charge is 0.334 e. The van der Waals surface area contributed by atoms with Crippen molar-refractivity contribution in [2.24, 2.45) is 10.6 Å². The standard InChI is InChI=1S/C18H16F2N4O3S/c1-18(2)14(9-6-7-12(22-8-9)28(21,25)26)15(18)16-23-17(27-24-16)13-10(19)4-3-5-11(13)20/h3-8,14-15H,1-2H3,(H2,21,25,26). The van der Waals surface area contributed by atoms with Gasteiger partial charge in [-0.3, -0.25) is 0 Å². The van der Waals surface area contributed by atoms with E-state index in [1.165, 1.54) is 18.3 Å². The monoisotopic (exact) mass is 406 g/mol. The van der Waals surface area contributed by atoms with Gasteiger partial charge >= 0.3 is 0 Å². The van der Waals surface area contributed by atoms with Gasteiger partial charge in [0, 0.05) is 18.0 Å². The first kappa shape index (κ1) is 18.6. The van der Waals surface area contributed by atoms with Crippen LogP contribution < -0.4 is 5.14 Å². The van der Waals surface area contributed by atoms with E-state index in [2.05, 4.69) is 15.1 Å². The Bertz CT molecular complexity index is 1140. The van der Waals surface area contributed by atoms with Crippen LogP contribution in [0.4, 0.5) is 8.78 Å². The molecule has 1 aromatic carbocycles. The summed E-state index contributed by atoms with van der Waals surface area (Å²) in [6.07, 6.45) is 1.45. The van der Waals surface area contributed by atoms with E-state index in [1.54, 1.807) is 6.07 Å². The summed E-state index contributed by atoms with van der Waals surface area (Å²) in [5.41, 5.74) is 0.140. The molecule has 0 amide bonds. The van der Waals surface area contributed by atoms with Crippen LogP contribution in [0.2, 0.25) is 0 Å². The number of nitrogens with zero attached hydrogens (tertiary/aromatic N) is 3. The first-order chi connectivity index (χ1) is 13.1. The van der Waals surface area contributed by atoms with Gasteiger partial charge in [-0.2, -0.15) is 4.98 Å². The highest BCUT2D eigenvalue weighted by atomic mass is 32.2. The fraction of sp³-hybridized carbons (Fsp3) is 0.278. The molecule has 2 heterocycles. The maximum Gasteiger partial charge on any atom is 0.263 e. The molecule has 10 heteroatoms. The molecule has 2 N–H and O–H groups in total. The van der Waals surface area contributed by atoms with Gasteiger partial charge < -0.3 is 4.52 Å². The Balaban J connectivity index is 1.65. The van der Waals surface area contributed by atoms with Crippen molar-refractivity contribution in [1.29, 1.82) is 0 Å². The molecule has 0 spiro atoms. The number of nitrogens with two attached hydrogens (primary N) is 1. The minimum atomic E-state index is -3.88. The zero-order chi connectivity index (χ0) is 20.3. The molecule has 28 heavy (non-hydrogen) atoms. The predicted molar refractivity (Wildman–Crippen MR) is 94.5 cm³/mol. The van der Waals surface area contributed by atoms with Gasteiger partial charge in [0.15, 0.2) is 10.9 Å². The molecule has 1 aliphatic carbocycles. The van der Waals surface area contributed by atoms with Gasteiger partial charge in [0.1, 0.15) is 17.2 Å². The molecule has 2 aromatic heterocycles. The summed E-state index contributed by atoms with van der Waals surface area (Å²) in [5, 5.41) is 8.76. The van der Waals surface area contributed by atoms with Crippen LogP contribution in [0.3, 0.4) is 0 Å². The van der Waals surface area contributed by atoms with Crippen molar-refractivity contribution in [2.45, 2.75) is 30.7 Å². The smallest absolute Gasteiger partial charge is 0.263 e. The van der Waals surface area contributed by atoms with Crippen LogP contribution in [0.5, 0.6) is 0 Å². The lowest BCUT2D eigenvalue weighted by atomic mass is 10.1. The number of aromatic nitrogens is 3. The van der Waals surface area contributed by atoms with E-state index in [4.69, 9.17) is 9.66 Å². The van der Waals surface area contributed by atoms with E-state index in [0.717, 1.165) is 17.7 Å². The quantitative estimate of drug-likeness (QED) is 0.713. The van der Waals surface area contributed by atoms with Crippen molar-refractivity contribution in [3.05, 3.63) is 59.6 Å². The number of pyridine rings is 1. The average Bonchev–Trinajstić information content (AvgIpc) is 2.95. The lowest BCUT2D eigenvalue weighted by molar-refractivity contribution is 0.414. The summed E-state index contributed by atoms with van der Waals surface area (Å²) in [5.74, 6) is -1.72. The molecule has 0 bridgehead atoms. The van der Waals surface area contributed by atoms with Gasteiger partial charge in [0.25, 0.3) is 15.9 Å². The van der Waals surface area contributed by atoms with E-state index in [1.807, 2.05) is 13.8 Å². The van der Waals surface area contributed by atoms with Crippen molar-refractivity contribution in [2.75, 3.05) is 0 Å². The average molecular weight is 406 g/mol. The number of sulfonamides is 1. The van der Waals surface area contributed by atoms with Gasteiger partial charge in [-0.15, -0.1) is 0 Å². The Kier molecular flexibility index (Phi) is 4.09. The Hall–Kier alpha value is -2.72. The molecule has 1 aliphatic rings. The zero-order valence-corrected chi connectivity index (χ0v) is 15.7. The van der Waals surface area contributed by atoms with Crippen LogP contribution in [0.1, 0.15) is 37.1 Å². The number of hydrogen-bond donors (Lipinski definition) is 1. The molecule has 0 radical (unpaired) electrons. The Labute approximate surface area is 159 Å². The first-order valence-corrected chi connectivity index (χ1v) is 9.92. The third kappa shape index (κ3) is 2.98. The fourth-order valence-electron chi connectivity index (χ4n) is 3.65. The maximum absolute atomic E-state index is 14.0. The third-order valence-electron chi connectivity index (χ3n) is 5.13. The summed E-state index contributed by atoms with van der Waals surface area (Å²) in [6.45, 7) is 3.96. The van der Waals surface area contributed by atoms with Crippen LogP contribution >= 0.6 is 0 Å². The van der Waals surface area contributed by atoms with Crippen molar-refractivity contribution in [3.63, 3.8) is 0 Å². The van der Waals surface area contributed by atoms with Crippen LogP contribution in [-0.2, 0) is 10.0 Å². The van der Waals surface area contributed by atoms with E-state index in [-0.39, 0.29) is 33.7 Å². The molecule has 0 saturated heterocycles. The van der Waals surface area contributed by atoms with E-state index in [9.17, 15) is 17.2 Å². The molecule has 1 saturated carbocycles. The Morgan fingerprint density at radius 1 is 1.11 bits per heavy atom. The molecular formula is C18H16F2N4O3S. The number of primary sulfonamides is 1. The molecule has 2 atom stereocenters. The lowest BCUT2D eigenvalue weighted by Gasteiger charge is -2.03. The van der Waals surface area contributed by atoms with Crippen LogP contribution in [0.15, 0.2) is 46.1 Å². The minimum Gasteiger partial charge on any atom is -0.334 e. The first-order valence-electron chi connectivity index (χ1n) is 8.37. The lowest BCUT2D eigenvalue weighted by Crippen LogP contribution is -2.13. The normalized spacial score (nSPS) is 20.9. The van der Waals surface area contributed by atoms with Crippen molar-refractivity contribution >= 4 is 10.0 Å². The van der Waals surface area contributed by atoms with E-state index < -0.39 is 21.7 Å². The number of halogens is 2. The second-order valence-corrected chi connectivity index (χ2v) is 8.81. The van der Waals surface area contributed by atoms with Gasteiger partial charge in [-0.05, 0) is 29.2 Å². The van der Waals surface area contributed by atoms with Crippen LogP contribution in [-0.4, -0.2) is 23.5 Å². The highest BCUT2D eigenvalue weighted by molar-refractivity contribution is 7.89. The maximum atomic E-state index is 14.0. The van der Waals surface area contributed by atoms with Gasteiger partial charge in [0.05, 0.1) is 0 Å². The van der Waals surface area contributed by atoms with E-state index >= 15 is 0 Å². The third-order valence-corrected chi connectivity index (χ3v) is 5.96. The van der Waals surface area contributed by atoms with Crippen LogP contribution in [0, 0.1) is 17.0 Å². The zero-order valence-electron chi connectivity index (χ0n) is 14.9. The molecule has 0 aliphatic heterocycles. The Morgan fingerprint density at radius 3 is 2.36 bits per heavy atom. The molecule has 2 unspecified atom stereocenters. The second-order valence-electron chi connectivity index (χ2n) is 7.31. The molecular weight excluding hydrogens is 390 g/mol. The second kappa shape index (κ2) is 6.14. The number of hydrogen-bond acceptors (Lipinski definition) is 6. The molecule has 3 aromatic rings. The van der Waals surface area contributed by atoms with Crippen LogP contribution in [0.25, 0.3) is 11.5 Å². The minimum absolute atomic E-state index is 0.0644. The topological polar surface area (TPSA) is 112 Å². The SMILES string of the molecule is CC1(C)C(c2ccc(S(N)(=O)=O)nc2)C1c1noc(-c2c(F)cccc2F)n1. The summed E-state index contributed by atoms with van der Waals surface area (Å²) in [4.78, 5) is 8.10. The molecule has 1 fully saturated rings. The number of benzene rings is 1. The Morgan fingerprint density at radius 2 is 1.79 bits per heavy atom. The molecule has 146 valence electrons. The summed E-state index contributed by atoms with van der Waals surface area (Å²) in [6, 6.07) is 6.46. The van der Waals surface area contributed by atoms with Crippen molar-refractivity contribution in [3.8, 4) is 11.5 Å². The van der Waals surface area contributed by atoms with Crippen molar-refractivity contribution < 1.29 is 21.7 Å². The van der Waals surface area contributed by atoms with Crippen molar-refractivity contribution in [1.82, 2.24) is 15.1 Å². The van der Waals surface area contributed by atoms with Gasteiger partial charge in [-0.1, -0.05) is 31.1 Å². The van der Waals surface area contributed by atoms with Gasteiger partial charge in [0.2, 0.25) is 0 Å². The number of rotatable bonds is 4. The highest BCUT2D eigenvalue weighted by Crippen LogP contribution is 2.69.